The van der Waals surface area contributed by atoms with Gasteiger partial charge in [0.1, 0.15) is 0 Å². The molecular weight excluding hydrogens is 330 g/mol. The van der Waals surface area contributed by atoms with E-state index in [2.05, 4.69) is 12.2 Å². The van der Waals surface area contributed by atoms with Gasteiger partial charge in [-0.3, -0.25) is 0 Å². The average Bonchev–Trinajstić information content (AvgIpc) is 3.34. The lowest BCUT2D eigenvalue weighted by atomic mass is 9.73. The lowest BCUT2D eigenvalue weighted by molar-refractivity contribution is -0.143. The third-order valence-corrected chi connectivity index (χ3v) is 6.45. The summed E-state index contributed by atoms with van der Waals surface area (Å²) < 4.78 is 78.6. The quantitative estimate of drug-likeness (QED) is 0.466. The van der Waals surface area contributed by atoms with Gasteiger partial charge in [0, 0.05) is 0 Å². The van der Waals surface area contributed by atoms with E-state index in [1.165, 1.54) is 0 Å². The van der Waals surface area contributed by atoms with Crippen LogP contribution in [0.1, 0.15) is 29.0 Å². The maximum atomic E-state index is 13.1. The smallest absolute Gasteiger partial charge is 0.166 e. The van der Waals surface area contributed by atoms with Crippen molar-refractivity contribution in [3.05, 3.63) is 47.0 Å². The van der Waals surface area contributed by atoms with Crippen LogP contribution in [0.25, 0.3) is 0 Å². The molecule has 0 amide bonds. The fraction of sp³-hybridized carbons (Fsp3) is 0.556. The predicted molar refractivity (Wildman–Crippen MR) is 73.9 cm³/mol. The van der Waals surface area contributed by atoms with Gasteiger partial charge in [0.2, 0.25) is 0 Å². The third-order valence-electron chi connectivity index (χ3n) is 6.45. The van der Waals surface area contributed by atoms with Crippen LogP contribution >= 0.6 is 0 Å². The molecule has 0 saturated heterocycles. The van der Waals surface area contributed by atoms with Crippen LogP contribution in [-0.4, -0.2) is 0 Å². The van der Waals surface area contributed by atoms with E-state index in [1.54, 1.807) is 0 Å². The molecule has 24 heavy (non-hydrogen) atoms. The van der Waals surface area contributed by atoms with Gasteiger partial charge in [0.05, 0.1) is 11.1 Å². The van der Waals surface area contributed by atoms with Gasteiger partial charge in [-0.2, -0.15) is 26.3 Å². The van der Waals surface area contributed by atoms with E-state index in [0.717, 1.165) is 18.6 Å². The first-order valence-electron chi connectivity index (χ1n) is 8.14. The maximum absolute atomic E-state index is 13.1. The molecule has 3 fully saturated rings. The van der Waals surface area contributed by atoms with Crippen molar-refractivity contribution in [3.63, 3.8) is 0 Å². The molecule has 2 unspecified atom stereocenters. The molecule has 128 valence electrons. The lowest BCUT2D eigenvalue weighted by Crippen LogP contribution is -2.24. The Morgan fingerprint density at radius 2 is 1.29 bits per heavy atom. The monoisotopic (exact) mass is 344 g/mol. The van der Waals surface area contributed by atoms with Crippen LogP contribution in [0.15, 0.2) is 30.4 Å². The van der Waals surface area contributed by atoms with Gasteiger partial charge in [0.15, 0.2) is 0 Å². The number of alkyl halides is 6. The van der Waals surface area contributed by atoms with Crippen LogP contribution in [0.3, 0.4) is 0 Å². The molecule has 0 aromatic heterocycles. The fourth-order valence-corrected chi connectivity index (χ4v) is 5.47. The Labute approximate surface area is 134 Å². The zero-order valence-corrected chi connectivity index (χ0v) is 12.4. The minimum Gasteiger partial charge on any atom is -0.166 e. The predicted octanol–water partition coefficient (Wildman–Crippen LogP) is 5.51. The highest BCUT2D eigenvalue weighted by molar-refractivity contribution is 5.42. The van der Waals surface area contributed by atoms with E-state index in [9.17, 15) is 26.3 Å². The van der Waals surface area contributed by atoms with Gasteiger partial charge < -0.3 is 0 Å². The van der Waals surface area contributed by atoms with Gasteiger partial charge >= 0.3 is 12.4 Å². The molecule has 0 nitrogen and oxygen atoms in total. The van der Waals surface area contributed by atoms with Crippen molar-refractivity contribution in [3.8, 4) is 0 Å². The third kappa shape index (κ3) is 1.94. The second-order valence-electron chi connectivity index (χ2n) is 7.62. The first-order chi connectivity index (χ1) is 11.2. The lowest BCUT2D eigenvalue weighted by Gasteiger charge is -2.32. The van der Waals surface area contributed by atoms with Gasteiger partial charge in [-0.15, -0.1) is 0 Å². The number of fused-ring (bicyclic) bond motifs is 5. The van der Waals surface area contributed by atoms with Crippen molar-refractivity contribution in [2.75, 3.05) is 0 Å². The van der Waals surface area contributed by atoms with Crippen LogP contribution in [0.5, 0.6) is 0 Å². The van der Waals surface area contributed by atoms with Crippen LogP contribution < -0.4 is 0 Å². The summed E-state index contributed by atoms with van der Waals surface area (Å²) in [6.45, 7) is 0. The van der Waals surface area contributed by atoms with Gasteiger partial charge in [-0.1, -0.05) is 12.2 Å². The molecular formula is C18H14F6. The van der Waals surface area contributed by atoms with Gasteiger partial charge in [-0.25, -0.2) is 0 Å². The Morgan fingerprint density at radius 1 is 0.708 bits per heavy atom. The molecule has 0 N–H and O–H groups in total. The van der Waals surface area contributed by atoms with Crippen LogP contribution in [0.4, 0.5) is 26.3 Å². The molecule has 0 spiro atoms. The molecule has 2 bridgehead atoms. The molecule has 3 saturated carbocycles. The van der Waals surface area contributed by atoms with Gasteiger partial charge in [0.25, 0.3) is 0 Å². The Morgan fingerprint density at radius 3 is 1.88 bits per heavy atom. The molecule has 6 heteroatoms. The fourth-order valence-electron chi connectivity index (χ4n) is 5.47. The molecule has 1 aromatic carbocycles. The summed E-state index contributed by atoms with van der Waals surface area (Å²) in [6.07, 6.45) is -4.28. The van der Waals surface area contributed by atoms with Crippen molar-refractivity contribution < 1.29 is 26.3 Å². The van der Waals surface area contributed by atoms with Gasteiger partial charge in [-0.05, 0) is 71.6 Å². The molecule has 4 aliphatic rings. The summed E-state index contributed by atoms with van der Waals surface area (Å²) in [4.78, 5) is 0. The SMILES string of the molecule is FC(F)(F)c1cc([C@@H]2C3C4C=C[C@H]2[C@@H]2C[C@@H]2[C@@H]43)cc(C(F)(F)F)c1. The first-order valence-corrected chi connectivity index (χ1v) is 8.14. The van der Waals surface area contributed by atoms with E-state index >= 15 is 0 Å². The molecule has 0 heterocycles. The summed E-state index contributed by atoms with van der Waals surface area (Å²) in [5, 5.41) is 0. The Kier molecular flexibility index (Phi) is 2.60. The minimum atomic E-state index is -4.77. The number of rotatable bonds is 1. The molecule has 0 aliphatic heterocycles. The second kappa shape index (κ2) is 4.20. The Bertz CT molecular complexity index is 711. The molecule has 4 aliphatic carbocycles. The van der Waals surface area contributed by atoms with E-state index in [1.807, 2.05) is 0 Å². The molecule has 7 atom stereocenters. The van der Waals surface area contributed by atoms with Crippen molar-refractivity contribution in [2.45, 2.75) is 24.7 Å². The summed E-state index contributed by atoms with van der Waals surface area (Å²) in [5.74, 6) is 2.05. The molecule has 1 aromatic rings. The largest absolute Gasteiger partial charge is 0.416 e. The van der Waals surface area contributed by atoms with Crippen molar-refractivity contribution >= 4 is 0 Å². The number of halogens is 6. The van der Waals surface area contributed by atoms with E-state index in [4.69, 9.17) is 0 Å². The highest BCUT2D eigenvalue weighted by Gasteiger charge is 2.71. The summed E-state index contributed by atoms with van der Waals surface area (Å²) >= 11 is 0. The zero-order valence-electron chi connectivity index (χ0n) is 12.4. The summed E-state index contributed by atoms with van der Waals surface area (Å²) in [5.41, 5.74) is -2.17. The Hall–Kier alpha value is -1.46. The standard InChI is InChI=1S/C18H14F6/c19-17(20,21)8-3-7(4-9(5-8)18(22,23)24)14-10-1-2-11-15(16(11)14)13-6-12(10)13/h1-5,10-16H,6H2/t10-,11?,12-,13-,14-,15+,16?/m0/s1. The van der Waals surface area contributed by atoms with E-state index in [-0.39, 0.29) is 29.4 Å². The van der Waals surface area contributed by atoms with Crippen molar-refractivity contribution in [2.24, 2.45) is 35.5 Å². The Balaban J connectivity index is 1.62. The summed E-state index contributed by atoms with van der Waals surface area (Å²) in [7, 11) is 0. The topological polar surface area (TPSA) is 0 Å². The molecule has 0 radical (unpaired) electrons. The minimum absolute atomic E-state index is 0.0968. The number of benzene rings is 1. The van der Waals surface area contributed by atoms with E-state index in [0.29, 0.717) is 23.7 Å². The zero-order chi connectivity index (χ0) is 17.0. The first kappa shape index (κ1) is 14.8. The van der Waals surface area contributed by atoms with E-state index < -0.39 is 23.5 Å². The highest BCUT2D eigenvalue weighted by Crippen LogP contribution is 2.77. The van der Waals surface area contributed by atoms with Crippen LogP contribution in [0, 0.1) is 35.5 Å². The molecule has 5 rings (SSSR count). The number of hydrogen-bond acceptors (Lipinski definition) is 0. The van der Waals surface area contributed by atoms with Crippen molar-refractivity contribution in [1.82, 2.24) is 0 Å². The normalized spacial score (nSPS) is 41.8. The van der Waals surface area contributed by atoms with Crippen LogP contribution in [0.2, 0.25) is 0 Å². The number of allylic oxidation sites excluding steroid dienone is 2. The second-order valence-corrected chi connectivity index (χ2v) is 7.62. The van der Waals surface area contributed by atoms with Crippen molar-refractivity contribution in [1.29, 1.82) is 0 Å². The number of hydrogen-bond donors (Lipinski definition) is 0. The maximum Gasteiger partial charge on any atom is 0.416 e. The highest BCUT2D eigenvalue weighted by atomic mass is 19.4. The average molecular weight is 344 g/mol. The van der Waals surface area contributed by atoms with Crippen LogP contribution in [-0.2, 0) is 12.4 Å². The summed E-state index contributed by atoms with van der Waals surface area (Å²) in [6, 6.07) is 2.12.